The molecule has 0 saturated carbocycles. The molecular formula is C20H20N4O2. The number of H-pyrrole nitrogens is 1. The molecule has 4 rings (SSSR count). The van der Waals surface area contributed by atoms with Gasteiger partial charge in [-0.1, -0.05) is 24.3 Å². The maximum Gasteiger partial charge on any atom is 0.229 e. The van der Waals surface area contributed by atoms with Gasteiger partial charge in [0.2, 0.25) is 11.8 Å². The molecule has 0 bridgehead atoms. The molecule has 0 aliphatic carbocycles. The average Bonchev–Trinajstić information content (AvgIpc) is 3.22. The molecule has 2 N–H and O–H groups in total. The molecule has 0 spiro atoms. The normalized spacial score (nSPS) is 17.1. The van der Waals surface area contributed by atoms with Gasteiger partial charge in [-0.25, -0.2) is 0 Å². The zero-order valence-electron chi connectivity index (χ0n) is 14.7. The summed E-state index contributed by atoms with van der Waals surface area (Å²) in [6.07, 6.45) is 0.192. The number of carbonyl (C=O) groups is 2. The largest absolute Gasteiger partial charge is 0.326 e. The third-order valence-electron chi connectivity index (χ3n) is 5.06. The summed E-state index contributed by atoms with van der Waals surface area (Å²) in [6, 6.07) is 13.5. The van der Waals surface area contributed by atoms with E-state index in [0.717, 1.165) is 27.7 Å². The van der Waals surface area contributed by atoms with Crippen molar-refractivity contribution in [2.24, 2.45) is 5.92 Å². The van der Waals surface area contributed by atoms with Crippen LogP contribution in [-0.2, 0) is 9.59 Å². The van der Waals surface area contributed by atoms with E-state index in [-0.39, 0.29) is 18.2 Å². The van der Waals surface area contributed by atoms with Gasteiger partial charge in [-0.15, -0.1) is 0 Å². The monoisotopic (exact) mass is 348 g/mol. The Hall–Kier alpha value is -3.15. The number of aryl methyl sites for hydroxylation is 1. The summed E-state index contributed by atoms with van der Waals surface area (Å²) in [5.41, 5.74) is 3.83. The van der Waals surface area contributed by atoms with Crippen molar-refractivity contribution in [2.75, 3.05) is 16.8 Å². The van der Waals surface area contributed by atoms with Gasteiger partial charge in [0.15, 0.2) is 5.82 Å². The number of nitrogens with one attached hydrogen (secondary N) is 2. The maximum absolute atomic E-state index is 12.7. The molecule has 3 aromatic rings. The van der Waals surface area contributed by atoms with E-state index in [1.54, 1.807) is 4.90 Å². The predicted octanol–water partition coefficient (Wildman–Crippen LogP) is 3.17. The zero-order chi connectivity index (χ0) is 18.3. The highest BCUT2D eigenvalue weighted by Crippen LogP contribution is 2.30. The molecule has 2 heterocycles. The van der Waals surface area contributed by atoms with Gasteiger partial charge in [0, 0.05) is 24.0 Å². The second-order valence-electron chi connectivity index (χ2n) is 6.73. The van der Waals surface area contributed by atoms with Gasteiger partial charge in [-0.2, -0.15) is 5.10 Å². The molecule has 1 aliphatic rings. The molecule has 6 nitrogen and oxygen atoms in total. The van der Waals surface area contributed by atoms with Crippen molar-refractivity contribution in [2.45, 2.75) is 20.3 Å². The first kappa shape index (κ1) is 16.3. The number of benzene rings is 2. The molecule has 1 atom stereocenters. The maximum atomic E-state index is 12.7. The highest BCUT2D eigenvalue weighted by atomic mass is 16.2. The van der Waals surface area contributed by atoms with Gasteiger partial charge in [0.05, 0.1) is 11.4 Å². The number of aromatic amines is 1. The van der Waals surface area contributed by atoms with Gasteiger partial charge >= 0.3 is 0 Å². The second-order valence-corrected chi connectivity index (χ2v) is 6.73. The van der Waals surface area contributed by atoms with Crippen molar-refractivity contribution in [1.29, 1.82) is 0 Å². The average molecular weight is 348 g/mol. The summed E-state index contributed by atoms with van der Waals surface area (Å²) >= 11 is 0. The van der Waals surface area contributed by atoms with E-state index >= 15 is 0 Å². The number of aromatic nitrogens is 2. The van der Waals surface area contributed by atoms with Crippen molar-refractivity contribution < 1.29 is 9.59 Å². The Morgan fingerprint density at radius 1 is 1.19 bits per heavy atom. The summed E-state index contributed by atoms with van der Waals surface area (Å²) in [7, 11) is 0. The van der Waals surface area contributed by atoms with Crippen molar-refractivity contribution in [1.82, 2.24) is 10.2 Å². The molecule has 2 amide bonds. The van der Waals surface area contributed by atoms with E-state index < -0.39 is 5.92 Å². The van der Waals surface area contributed by atoms with E-state index in [0.29, 0.717) is 12.4 Å². The van der Waals surface area contributed by atoms with Crippen LogP contribution in [0.1, 0.15) is 17.5 Å². The summed E-state index contributed by atoms with van der Waals surface area (Å²) < 4.78 is 0. The van der Waals surface area contributed by atoms with Crippen LogP contribution < -0.4 is 10.2 Å². The number of hydrogen-bond acceptors (Lipinski definition) is 3. The Kier molecular flexibility index (Phi) is 3.95. The fourth-order valence-corrected chi connectivity index (χ4v) is 3.36. The third-order valence-corrected chi connectivity index (χ3v) is 5.06. The summed E-state index contributed by atoms with van der Waals surface area (Å²) in [5.74, 6) is -0.0109. The molecule has 0 radical (unpaired) electrons. The van der Waals surface area contributed by atoms with Crippen LogP contribution in [0.4, 0.5) is 11.5 Å². The first-order valence-corrected chi connectivity index (χ1v) is 8.65. The highest BCUT2D eigenvalue weighted by molar-refractivity contribution is 6.07. The fourth-order valence-electron chi connectivity index (χ4n) is 3.36. The van der Waals surface area contributed by atoms with Crippen molar-refractivity contribution in [3.8, 4) is 0 Å². The number of para-hydroxylation sites is 1. The van der Waals surface area contributed by atoms with Crippen LogP contribution in [0.25, 0.3) is 10.9 Å². The van der Waals surface area contributed by atoms with Crippen molar-refractivity contribution >= 4 is 34.2 Å². The molecule has 1 saturated heterocycles. The van der Waals surface area contributed by atoms with Gasteiger partial charge in [0.25, 0.3) is 0 Å². The molecule has 132 valence electrons. The molecule has 1 unspecified atom stereocenters. The van der Waals surface area contributed by atoms with Crippen LogP contribution in [0.15, 0.2) is 42.5 Å². The Bertz CT molecular complexity index is 1010. The molecule has 6 heteroatoms. The molecule has 1 aliphatic heterocycles. The molecule has 2 aromatic carbocycles. The summed E-state index contributed by atoms with van der Waals surface area (Å²) in [5, 5.41) is 11.1. The van der Waals surface area contributed by atoms with Crippen LogP contribution >= 0.6 is 0 Å². The Balaban J connectivity index is 1.54. The molecule has 26 heavy (non-hydrogen) atoms. The Morgan fingerprint density at radius 3 is 2.85 bits per heavy atom. The van der Waals surface area contributed by atoms with Gasteiger partial charge in [0.1, 0.15) is 0 Å². The first-order valence-electron chi connectivity index (χ1n) is 8.65. The number of fused-ring (bicyclic) bond motifs is 1. The van der Waals surface area contributed by atoms with Crippen LogP contribution in [-0.4, -0.2) is 28.6 Å². The van der Waals surface area contributed by atoms with E-state index in [2.05, 4.69) is 15.5 Å². The van der Waals surface area contributed by atoms with E-state index in [1.807, 2.05) is 56.3 Å². The van der Waals surface area contributed by atoms with Gasteiger partial charge in [-0.3, -0.25) is 19.6 Å². The highest BCUT2D eigenvalue weighted by Gasteiger charge is 2.37. The lowest BCUT2D eigenvalue weighted by atomic mass is 10.1. The Labute approximate surface area is 151 Å². The number of carbonyl (C=O) groups excluding carboxylic acids is 2. The number of anilines is 2. The third kappa shape index (κ3) is 2.73. The van der Waals surface area contributed by atoms with E-state index in [9.17, 15) is 9.59 Å². The number of rotatable bonds is 3. The fraction of sp³-hybridized carbons (Fsp3) is 0.250. The molecule has 1 aromatic heterocycles. The van der Waals surface area contributed by atoms with E-state index in [4.69, 9.17) is 0 Å². The minimum atomic E-state index is -0.391. The quantitative estimate of drug-likeness (QED) is 0.763. The molecular weight excluding hydrogens is 328 g/mol. The van der Waals surface area contributed by atoms with Crippen molar-refractivity contribution in [3.63, 3.8) is 0 Å². The number of amides is 2. The lowest BCUT2D eigenvalue weighted by Gasteiger charge is -2.15. The lowest BCUT2D eigenvalue weighted by molar-refractivity contribution is -0.122. The van der Waals surface area contributed by atoms with Crippen LogP contribution in [0, 0.1) is 19.8 Å². The Morgan fingerprint density at radius 2 is 2.00 bits per heavy atom. The predicted molar refractivity (Wildman–Crippen MR) is 101 cm³/mol. The van der Waals surface area contributed by atoms with Gasteiger partial charge < -0.3 is 5.32 Å². The summed E-state index contributed by atoms with van der Waals surface area (Å²) in [4.78, 5) is 26.8. The second kappa shape index (κ2) is 6.29. The minimum absolute atomic E-state index is 0.0802. The zero-order valence-corrected chi connectivity index (χ0v) is 14.7. The van der Waals surface area contributed by atoms with E-state index in [1.165, 1.54) is 0 Å². The minimum Gasteiger partial charge on any atom is -0.326 e. The van der Waals surface area contributed by atoms with Crippen LogP contribution in [0.2, 0.25) is 0 Å². The SMILES string of the molecule is Cc1cccc(NC(=O)C2CC(=O)N(c3n[nH]c4ccccc34)C2)c1C. The molecule has 1 fully saturated rings. The number of hydrogen-bond donors (Lipinski definition) is 2. The van der Waals surface area contributed by atoms with Crippen LogP contribution in [0.3, 0.4) is 0 Å². The number of nitrogens with zero attached hydrogens (tertiary/aromatic N) is 2. The smallest absolute Gasteiger partial charge is 0.229 e. The standard InChI is InChI=1S/C20H20N4O2/c1-12-6-5-9-16(13(12)2)21-20(26)14-10-18(25)24(11-14)19-15-7-3-4-8-17(15)22-23-19/h3-9,14H,10-11H2,1-2H3,(H,21,26)(H,22,23). The first-order chi connectivity index (χ1) is 12.5. The van der Waals surface area contributed by atoms with Crippen molar-refractivity contribution in [3.05, 3.63) is 53.6 Å². The lowest BCUT2D eigenvalue weighted by Crippen LogP contribution is -2.28. The van der Waals surface area contributed by atoms with Gasteiger partial charge in [-0.05, 0) is 43.2 Å². The van der Waals surface area contributed by atoms with Crippen LogP contribution in [0.5, 0.6) is 0 Å². The topological polar surface area (TPSA) is 78.1 Å². The summed E-state index contributed by atoms with van der Waals surface area (Å²) in [6.45, 7) is 4.33.